The molecule has 5 nitrogen and oxygen atoms in total. The first kappa shape index (κ1) is 23.1. The second kappa shape index (κ2) is 8.51. The molecule has 2 saturated carbocycles. The van der Waals surface area contributed by atoms with Crippen molar-refractivity contribution in [1.82, 2.24) is 5.32 Å². The Morgan fingerprint density at radius 3 is 2.30 bits per heavy atom. The molecule has 2 fully saturated rings. The zero-order valence-corrected chi connectivity index (χ0v) is 19.2. The van der Waals surface area contributed by atoms with E-state index in [0.29, 0.717) is 17.4 Å². The summed E-state index contributed by atoms with van der Waals surface area (Å²) in [5.41, 5.74) is -1.14. The van der Waals surface area contributed by atoms with E-state index >= 15 is 0 Å². The number of hydrogen-bond donors (Lipinski definition) is 2. The fourth-order valence-electron chi connectivity index (χ4n) is 5.11. The lowest BCUT2D eigenvalue weighted by atomic mass is 9.58. The Labute approximate surface area is 184 Å². The number of carboxylic acid groups (broad SMARTS) is 1. The van der Waals surface area contributed by atoms with E-state index in [0.717, 1.165) is 32.1 Å². The summed E-state index contributed by atoms with van der Waals surface area (Å²) in [6.45, 7) is 5.88. The Morgan fingerprint density at radius 1 is 1.20 bits per heavy atom. The quantitative estimate of drug-likeness (QED) is 0.600. The molecule has 1 amide bonds. The third kappa shape index (κ3) is 4.38. The highest BCUT2D eigenvalue weighted by molar-refractivity contribution is 6.30. The van der Waals surface area contributed by atoms with Crippen LogP contribution in [0.3, 0.4) is 0 Å². The highest BCUT2D eigenvalue weighted by atomic mass is 35.5. The number of halogens is 1. The first-order valence-corrected chi connectivity index (χ1v) is 11.2. The Bertz CT molecular complexity index is 779. The van der Waals surface area contributed by atoms with Crippen LogP contribution in [0, 0.1) is 16.2 Å². The van der Waals surface area contributed by atoms with Gasteiger partial charge < -0.3 is 15.2 Å². The van der Waals surface area contributed by atoms with Gasteiger partial charge in [0.05, 0.1) is 17.4 Å². The van der Waals surface area contributed by atoms with E-state index in [1.165, 1.54) is 12.7 Å². The Hall–Kier alpha value is -1.59. The summed E-state index contributed by atoms with van der Waals surface area (Å²) >= 11 is 5.98. The lowest BCUT2D eigenvalue weighted by Gasteiger charge is -2.45. The van der Waals surface area contributed by atoms with E-state index in [2.05, 4.69) is 5.32 Å². The molecule has 0 aliphatic heterocycles. The minimum Gasteiger partial charge on any atom is -0.481 e. The average Bonchev–Trinajstić information content (AvgIpc) is 3.25. The van der Waals surface area contributed by atoms with Crippen molar-refractivity contribution in [3.8, 4) is 0 Å². The van der Waals surface area contributed by atoms with Gasteiger partial charge in [0.25, 0.3) is 0 Å². The number of carbonyl (C=O) groups excluding carboxylic acids is 1. The van der Waals surface area contributed by atoms with Crippen LogP contribution in [-0.2, 0) is 14.3 Å². The molecule has 2 aliphatic rings. The molecule has 0 heterocycles. The number of nitrogens with one attached hydrogen (secondary N) is 1. The number of methoxy groups -OCH3 is 1. The maximum absolute atomic E-state index is 13.5. The first-order chi connectivity index (χ1) is 14.0. The molecule has 0 radical (unpaired) electrons. The van der Waals surface area contributed by atoms with Gasteiger partial charge in [0.2, 0.25) is 5.91 Å². The molecule has 30 heavy (non-hydrogen) atoms. The molecule has 3 atom stereocenters. The van der Waals surface area contributed by atoms with Crippen molar-refractivity contribution < 1.29 is 19.4 Å². The number of benzene rings is 1. The van der Waals surface area contributed by atoms with Gasteiger partial charge in [-0.3, -0.25) is 9.59 Å². The standard InChI is InChI=1S/C24H34ClNO4/c1-22(2,3)24(15-30-4,21(28)29)14-23(11-5-6-12-23)20(27)26-19-13-18(19)16-7-9-17(25)10-8-16/h7-10,18-19H,5-6,11-15H2,1-4H3,(H,26,27)(H,28,29)/t18-,19+,24?/m0/s1. The van der Waals surface area contributed by atoms with Gasteiger partial charge in [-0.1, -0.05) is 57.3 Å². The Kier molecular flexibility index (Phi) is 6.54. The number of hydrogen-bond acceptors (Lipinski definition) is 3. The van der Waals surface area contributed by atoms with Gasteiger partial charge in [0.15, 0.2) is 0 Å². The summed E-state index contributed by atoms with van der Waals surface area (Å²) in [4.78, 5) is 26.0. The van der Waals surface area contributed by atoms with Gasteiger partial charge >= 0.3 is 5.97 Å². The highest BCUT2D eigenvalue weighted by Gasteiger charge is 2.57. The summed E-state index contributed by atoms with van der Waals surface area (Å²) in [6, 6.07) is 7.88. The maximum Gasteiger partial charge on any atom is 0.312 e. The second-order valence-electron chi connectivity index (χ2n) is 10.2. The number of aliphatic carboxylic acids is 1. The number of carbonyl (C=O) groups is 2. The van der Waals surface area contributed by atoms with Crippen LogP contribution in [0.2, 0.25) is 5.02 Å². The van der Waals surface area contributed by atoms with Crippen molar-refractivity contribution >= 4 is 23.5 Å². The maximum atomic E-state index is 13.5. The largest absolute Gasteiger partial charge is 0.481 e. The lowest BCUT2D eigenvalue weighted by Crippen LogP contribution is -2.53. The van der Waals surface area contributed by atoms with Crippen molar-refractivity contribution in [3.63, 3.8) is 0 Å². The number of ether oxygens (including phenoxy) is 1. The normalized spacial score (nSPS) is 24.8. The van der Waals surface area contributed by atoms with E-state index < -0.39 is 22.2 Å². The highest BCUT2D eigenvalue weighted by Crippen LogP contribution is 2.54. The molecule has 3 rings (SSSR count). The molecule has 6 heteroatoms. The van der Waals surface area contributed by atoms with Crippen molar-refractivity contribution in [3.05, 3.63) is 34.9 Å². The number of amides is 1. The van der Waals surface area contributed by atoms with Gasteiger partial charge in [-0.15, -0.1) is 0 Å². The second-order valence-corrected chi connectivity index (χ2v) is 10.6. The zero-order valence-electron chi connectivity index (χ0n) is 18.5. The minimum absolute atomic E-state index is 0.00689. The minimum atomic E-state index is -1.12. The Morgan fingerprint density at radius 2 is 1.80 bits per heavy atom. The molecule has 0 aromatic heterocycles. The van der Waals surface area contributed by atoms with E-state index in [1.54, 1.807) is 0 Å². The summed E-state index contributed by atoms with van der Waals surface area (Å²) in [5.74, 6) is -0.579. The smallest absolute Gasteiger partial charge is 0.312 e. The molecular weight excluding hydrogens is 402 g/mol. The van der Waals surface area contributed by atoms with Crippen LogP contribution in [0.1, 0.15) is 70.8 Å². The van der Waals surface area contributed by atoms with Crippen LogP contribution in [0.25, 0.3) is 0 Å². The number of rotatable bonds is 8. The summed E-state index contributed by atoms with van der Waals surface area (Å²) < 4.78 is 5.38. The van der Waals surface area contributed by atoms with Gasteiger partial charge in [-0.25, -0.2) is 0 Å². The fourth-order valence-corrected chi connectivity index (χ4v) is 5.23. The molecule has 0 bridgehead atoms. The van der Waals surface area contributed by atoms with Gasteiger partial charge in [0, 0.05) is 24.1 Å². The van der Waals surface area contributed by atoms with Gasteiger partial charge in [-0.2, -0.15) is 0 Å². The predicted molar refractivity (Wildman–Crippen MR) is 118 cm³/mol. The van der Waals surface area contributed by atoms with E-state index in [1.807, 2.05) is 45.0 Å². The average molecular weight is 436 g/mol. The van der Waals surface area contributed by atoms with Crippen molar-refractivity contribution in [2.24, 2.45) is 16.2 Å². The van der Waals surface area contributed by atoms with Gasteiger partial charge in [-0.05, 0) is 48.8 Å². The molecular formula is C24H34ClNO4. The molecule has 166 valence electrons. The van der Waals surface area contributed by atoms with E-state index in [-0.39, 0.29) is 18.6 Å². The Balaban J connectivity index is 1.79. The van der Waals surface area contributed by atoms with Crippen molar-refractivity contribution in [2.45, 2.75) is 71.3 Å². The third-order valence-corrected chi connectivity index (χ3v) is 7.58. The van der Waals surface area contributed by atoms with Crippen LogP contribution in [0.5, 0.6) is 0 Å². The molecule has 1 aromatic rings. The zero-order chi connectivity index (χ0) is 22.2. The lowest BCUT2D eigenvalue weighted by molar-refractivity contribution is -0.167. The molecule has 0 spiro atoms. The SMILES string of the molecule is COCC(CC1(C(=O)N[C@@H]2C[C@H]2c2ccc(Cl)cc2)CCCC1)(C(=O)O)C(C)(C)C. The van der Waals surface area contributed by atoms with Crippen LogP contribution in [0.15, 0.2) is 24.3 Å². The van der Waals surface area contributed by atoms with Crippen molar-refractivity contribution in [2.75, 3.05) is 13.7 Å². The van der Waals surface area contributed by atoms with Gasteiger partial charge in [0.1, 0.15) is 0 Å². The van der Waals surface area contributed by atoms with E-state index in [4.69, 9.17) is 16.3 Å². The van der Waals surface area contributed by atoms with Crippen molar-refractivity contribution in [1.29, 1.82) is 0 Å². The summed E-state index contributed by atoms with van der Waals surface area (Å²) in [6.07, 6.45) is 4.57. The van der Waals surface area contributed by atoms with E-state index in [9.17, 15) is 14.7 Å². The summed E-state index contributed by atoms with van der Waals surface area (Å²) in [5, 5.41) is 14.2. The topological polar surface area (TPSA) is 75.6 Å². The van der Waals surface area contributed by atoms with Crippen LogP contribution in [0.4, 0.5) is 0 Å². The van der Waals surface area contributed by atoms with Crippen LogP contribution >= 0.6 is 11.6 Å². The fraction of sp³-hybridized carbons (Fsp3) is 0.667. The monoisotopic (exact) mass is 435 g/mol. The van der Waals surface area contributed by atoms with Crippen LogP contribution < -0.4 is 5.32 Å². The molecule has 2 N–H and O–H groups in total. The van der Waals surface area contributed by atoms with Crippen LogP contribution in [-0.4, -0.2) is 36.7 Å². The molecule has 1 unspecified atom stereocenters. The first-order valence-electron chi connectivity index (χ1n) is 10.8. The molecule has 2 aliphatic carbocycles. The third-order valence-electron chi connectivity index (χ3n) is 7.32. The summed E-state index contributed by atoms with van der Waals surface area (Å²) in [7, 11) is 1.53. The number of carboxylic acids is 1. The molecule has 0 saturated heterocycles. The predicted octanol–water partition coefficient (Wildman–Crippen LogP) is 5.03. The molecule has 1 aromatic carbocycles.